The molecule has 80 valence electrons. The molecule has 0 aliphatic carbocycles. The SMILES string of the molecule is CCOC(=O)C#Cc1ccc(N=[N+]=[N-])cc1. The third kappa shape index (κ3) is 3.74. The number of esters is 1. The van der Waals surface area contributed by atoms with Crippen LogP contribution in [0.1, 0.15) is 12.5 Å². The van der Waals surface area contributed by atoms with Gasteiger partial charge in [0.1, 0.15) is 0 Å². The first-order valence-corrected chi connectivity index (χ1v) is 4.60. The van der Waals surface area contributed by atoms with Gasteiger partial charge >= 0.3 is 5.97 Å². The molecule has 16 heavy (non-hydrogen) atoms. The van der Waals surface area contributed by atoms with Crippen LogP contribution in [0.3, 0.4) is 0 Å². The number of rotatable bonds is 2. The molecule has 0 aliphatic heterocycles. The van der Waals surface area contributed by atoms with E-state index in [4.69, 9.17) is 5.53 Å². The van der Waals surface area contributed by atoms with Gasteiger partial charge in [0.2, 0.25) is 0 Å². The van der Waals surface area contributed by atoms with Crippen LogP contribution >= 0.6 is 0 Å². The van der Waals surface area contributed by atoms with Gasteiger partial charge in [-0.15, -0.1) is 0 Å². The molecule has 0 aromatic heterocycles. The van der Waals surface area contributed by atoms with E-state index in [-0.39, 0.29) is 0 Å². The lowest BCUT2D eigenvalue weighted by atomic mass is 10.2. The highest BCUT2D eigenvalue weighted by Crippen LogP contribution is 2.12. The van der Waals surface area contributed by atoms with Gasteiger partial charge in [0, 0.05) is 22.1 Å². The van der Waals surface area contributed by atoms with Crippen LogP contribution in [0, 0.1) is 11.8 Å². The molecule has 0 heterocycles. The standard InChI is InChI=1S/C11H9N3O2/c1-2-16-11(15)8-5-9-3-6-10(7-4-9)13-14-12/h3-4,6-7H,2H2,1H3. The molecular formula is C11H9N3O2. The van der Waals surface area contributed by atoms with E-state index >= 15 is 0 Å². The van der Waals surface area contributed by atoms with Crippen molar-refractivity contribution >= 4 is 11.7 Å². The second kappa shape index (κ2) is 6.12. The Hall–Kier alpha value is -2.44. The summed E-state index contributed by atoms with van der Waals surface area (Å²) in [5.41, 5.74) is 9.35. The van der Waals surface area contributed by atoms with E-state index in [1.807, 2.05) is 0 Å². The number of benzene rings is 1. The van der Waals surface area contributed by atoms with Gasteiger partial charge in [-0.25, -0.2) is 4.79 Å². The van der Waals surface area contributed by atoms with Crippen molar-refractivity contribution in [2.24, 2.45) is 5.11 Å². The third-order valence-corrected chi connectivity index (χ3v) is 1.61. The number of ether oxygens (including phenoxy) is 1. The summed E-state index contributed by atoms with van der Waals surface area (Å²) in [5, 5.41) is 3.41. The van der Waals surface area contributed by atoms with Crippen LogP contribution in [0.4, 0.5) is 5.69 Å². The van der Waals surface area contributed by atoms with E-state index in [1.54, 1.807) is 31.2 Å². The normalized spacial score (nSPS) is 8.31. The molecule has 0 bridgehead atoms. The molecule has 1 aromatic rings. The maximum Gasteiger partial charge on any atom is 0.384 e. The van der Waals surface area contributed by atoms with Crippen molar-refractivity contribution in [2.75, 3.05) is 6.61 Å². The first-order valence-electron chi connectivity index (χ1n) is 4.60. The summed E-state index contributed by atoms with van der Waals surface area (Å²) in [6.45, 7) is 2.03. The van der Waals surface area contributed by atoms with E-state index in [2.05, 4.69) is 26.6 Å². The van der Waals surface area contributed by atoms with Crippen LogP contribution in [0.5, 0.6) is 0 Å². The third-order valence-electron chi connectivity index (χ3n) is 1.61. The van der Waals surface area contributed by atoms with Gasteiger partial charge in [-0.1, -0.05) is 23.2 Å². The van der Waals surface area contributed by atoms with Crippen molar-refractivity contribution in [3.05, 3.63) is 40.3 Å². The minimum absolute atomic E-state index is 0.309. The van der Waals surface area contributed by atoms with Crippen LogP contribution < -0.4 is 0 Å². The molecular weight excluding hydrogens is 206 g/mol. The molecule has 5 nitrogen and oxygen atoms in total. The minimum atomic E-state index is -0.554. The van der Waals surface area contributed by atoms with E-state index in [0.29, 0.717) is 17.9 Å². The molecule has 0 aliphatic rings. The first kappa shape index (κ1) is 11.6. The fraction of sp³-hybridized carbons (Fsp3) is 0.182. The Morgan fingerprint density at radius 2 is 2.19 bits per heavy atom. The summed E-state index contributed by atoms with van der Waals surface area (Å²) in [6, 6.07) is 6.57. The van der Waals surface area contributed by atoms with Crippen LogP contribution in [0.15, 0.2) is 29.4 Å². The Morgan fingerprint density at radius 3 is 2.75 bits per heavy atom. The van der Waals surface area contributed by atoms with E-state index in [1.165, 1.54) is 0 Å². The van der Waals surface area contributed by atoms with Crippen molar-refractivity contribution in [3.8, 4) is 11.8 Å². The quantitative estimate of drug-likeness (QED) is 0.250. The van der Waals surface area contributed by atoms with E-state index < -0.39 is 5.97 Å². The summed E-state index contributed by atoms with van der Waals surface area (Å²) >= 11 is 0. The highest BCUT2D eigenvalue weighted by atomic mass is 16.5. The lowest BCUT2D eigenvalue weighted by Crippen LogP contribution is -1.99. The number of nitrogens with zero attached hydrogens (tertiary/aromatic N) is 3. The maximum absolute atomic E-state index is 10.9. The highest BCUT2D eigenvalue weighted by molar-refractivity contribution is 5.89. The van der Waals surface area contributed by atoms with Gasteiger partial charge in [-0.2, -0.15) is 0 Å². The fourth-order valence-corrected chi connectivity index (χ4v) is 0.953. The van der Waals surface area contributed by atoms with Crippen molar-refractivity contribution in [2.45, 2.75) is 6.92 Å². The molecule has 0 saturated heterocycles. The topological polar surface area (TPSA) is 75.1 Å². The Morgan fingerprint density at radius 1 is 1.50 bits per heavy atom. The minimum Gasteiger partial charge on any atom is -0.456 e. The predicted molar refractivity (Wildman–Crippen MR) is 58.8 cm³/mol. The lowest BCUT2D eigenvalue weighted by Gasteiger charge is -1.92. The van der Waals surface area contributed by atoms with Gasteiger partial charge < -0.3 is 4.74 Å². The molecule has 0 fully saturated rings. The molecule has 1 aromatic carbocycles. The summed E-state index contributed by atoms with van der Waals surface area (Å²) in [4.78, 5) is 13.6. The molecule has 0 spiro atoms. The number of hydrogen-bond acceptors (Lipinski definition) is 3. The Bertz CT molecular complexity index is 476. The predicted octanol–water partition coefficient (Wildman–Crippen LogP) is 2.54. The number of carbonyl (C=O) groups is 1. The zero-order valence-corrected chi connectivity index (χ0v) is 8.67. The molecule has 0 radical (unpaired) electrons. The van der Waals surface area contributed by atoms with Crippen molar-refractivity contribution in [1.82, 2.24) is 0 Å². The van der Waals surface area contributed by atoms with Crippen LogP contribution in [0.2, 0.25) is 0 Å². The zero-order valence-electron chi connectivity index (χ0n) is 8.67. The Kier molecular flexibility index (Phi) is 4.45. The monoisotopic (exact) mass is 215 g/mol. The van der Waals surface area contributed by atoms with Crippen LogP contribution in [0.25, 0.3) is 10.4 Å². The van der Waals surface area contributed by atoms with Crippen molar-refractivity contribution in [1.29, 1.82) is 0 Å². The van der Waals surface area contributed by atoms with Gasteiger partial charge in [0.05, 0.1) is 6.61 Å². The zero-order chi connectivity index (χ0) is 11.8. The van der Waals surface area contributed by atoms with Crippen LogP contribution in [-0.2, 0) is 9.53 Å². The molecule has 0 unspecified atom stereocenters. The molecule has 0 saturated carbocycles. The first-order chi connectivity index (χ1) is 7.76. The lowest BCUT2D eigenvalue weighted by molar-refractivity contribution is -0.136. The second-order valence-electron chi connectivity index (χ2n) is 2.71. The van der Waals surface area contributed by atoms with Crippen LogP contribution in [-0.4, -0.2) is 12.6 Å². The van der Waals surface area contributed by atoms with Gasteiger partial charge in [0.15, 0.2) is 0 Å². The summed E-state index contributed by atoms with van der Waals surface area (Å²) in [5.74, 6) is 4.42. The Balaban J connectivity index is 2.75. The number of azide groups is 1. The molecule has 0 N–H and O–H groups in total. The molecule has 1 rings (SSSR count). The molecule has 0 amide bonds. The van der Waals surface area contributed by atoms with Gasteiger partial charge in [-0.05, 0) is 24.6 Å². The second-order valence-corrected chi connectivity index (χ2v) is 2.71. The smallest absolute Gasteiger partial charge is 0.384 e. The van der Waals surface area contributed by atoms with Gasteiger partial charge in [-0.3, -0.25) is 0 Å². The van der Waals surface area contributed by atoms with Gasteiger partial charge in [0.25, 0.3) is 0 Å². The maximum atomic E-state index is 10.9. The average Bonchev–Trinajstić information content (AvgIpc) is 2.29. The fourth-order valence-electron chi connectivity index (χ4n) is 0.953. The largest absolute Gasteiger partial charge is 0.456 e. The summed E-state index contributed by atoms with van der Waals surface area (Å²) in [7, 11) is 0. The highest BCUT2D eigenvalue weighted by Gasteiger charge is 1.93. The van der Waals surface area contributed by atoms with E-state index in [9.17, 15) is 4.79 Å². The summed E-state index contributed by atoms with van der Waals surface area (Å²) < 4.78 is 4.65. The van der Waals surface area contributed by atoms with Crippen molar-refractivity contribution < 1.29 is 9.53 Å². The average molecular weight is 215 g/mol. The van der Waals surface area contributed by atoms with E-state index in [0.717, 1.165) is 0 Å². The molecule has 5 heteroatoms. The van der Waals surface area contributed by atoms with Crippen molar-refractivity contribution in [3.63, 3.8) is 0 Å². The number of hydrogen-bond donors (Lipinski definition) is 0. The Labute approximate surface area is 92.7 Å². The molecule has 0 atom stereocenters. The summed E-state index contributed by atoms with van der Waals surface area (Å²) in [6.07, 6.45) is 0. The number of carbonyl (C=O) groups excluding carboxylic acids is 1.